The molecule has 1 rings (SSSR count). The summed E-state index contributed by atoms with van der Waals surface area (Å²) < 4.78 is 4.83. The van der Waals surface area contributed by atoms with Gasteiger partial charge in [0.25, 0.3) is 5.79 Å². The van der Waals surface area contributed by atoms with Crippen LogP contribution in [0.2, 0.25) is 0 Å². The molecule has 1 aromatic carbocycles. The molecule has 1 atom stereocenters. The molecule has 2 N–H and O–H groups in total. The summed E-state index contributed by atoms with van der Waals surface area (Å²) in [4.78, 5) is 10.5. The monoisotopic (exact) mass is 196 g/mol. The fraction of sp³-hybridized carbons (Fsp3) is 0.300. The van der Waals surface area contributed by atoms with Crippen molar-refractivity contribution in [1.29, 1.82) is 0 Å². The van der Waals surface area contributed by atoms with Crippen molar-refractivity contribution in [2.24, 2.45) is 0 Å². The molecule has 76 valence electrons. The molecule has 4 nitrogen and oxygen atoms in total. The predicted octanol–water partition coefficient (Wildman–Crippen LogP) is 0.996. The second-order valence-corrected chi connectivity index (χ2v) is 3.06. The minimum atomic E-state index is -2.13. The third kappa shape index (κ3) is 2.83. The second kappa shape index (κ2) is 4.21. The van der Waals surface area contributed by atoms with E-state index in [0.29, 0.717) is 0 Å². The zero-order valence-electron chi connectivity index (χ0n) is 7.80. The van der Waals surface area contributed by atoms with E-state index >= 15 is 0 Å². The lowest BCUT2D eigenvalue weighted by atomic mass is 10.2. The third-order valence-electron chi connectivity index (χ3n) is 1.76. The Morgan fingerprint density at radius 3 is 2.50 bits per heavy atom. The fourth-order valence-electron chi connectivity index (χ4n) is 0.860. The van der Waals surface area contributed by atoms with Crippen LogP contribution >= 0.6 is 0 Å². The summed E-state index contributed by atoms with van der Waals surface area (Å²) in [6.07, 6.45) is 0. The van der Waals surface area contributed by atoms with Crippen molar-refractivity contribution < 1.29 is 19.7 Å². The Labute approximate surface area is 81.8 Å². The van der Waals surface area contributed by atoms with Crippen molar-refractivity contribution >= 4 is 5.97 Å². The summed E-state index contributed by atoms with van der Waals surface area (Å²) in [7, 11) is 0. The summed E-state index contributed by atoms with van der Waals surface area (Å²) in [5.74, 6) is -3.52. The number of hydrogen-bond acceptors (Lipinski definition) is 3. The van der Waals surface area contributed by atoms with Crippen LogP contribution in [0.4, 0.5) is 0 Å². The van der Waals surface area contributed by atoms with Crippen LogP contribution in [0.15, 0.2) is 30.3 Å². The lowest BCUT2D eigenvalue weighted by Crippen LogP contribution is -2.37. The van der Waals surface area contributed by atoms with Crippen molar-refractivity contribution in [3.05, 3.63) is 35.9 Å². The highest BCUT2D eigenvalue weighted by atomic mass is 16.6. The van der Waals surface area contributed by atoms with Gasteiger partial charge < -0.3 is 14.9 Å². The molecule has 1 aromatic rings. The summed E-state index contributed by atoms with van der Waals surface area (Å²) in [6, 6.07) is 9.05. The van der Waals surface area contributed by atoms with Gasteiger partial charge in [-0.2, -0.15) is 0 Å². The Kier molecular flexibility index (Phi) is 3.22. The highest BCUT2D eigenvalue weighted by molar-refractivity contribution is 5.74. The molecule has 0 fully saturated rings. The maximum atomic E-state index is 10.5. The number of benzene rings is 1. The SMILES string of the molecule is C[C@](O)(OCc1ccccc1)C(=O)O. The van der Waals surface area contributed by atoms with Gasteiger partial charge in [-0.05, 0) is 5.56 Å². The number of carbonyl (C=O) groups is 1. The number of aliphatic carboxylic acids is 1. The van der Waals surface area contributed by atoms with Crippen LogP contribution in [-0.2, 0) is 16.1 Å². The molecule has 0 aliphatic rings. The minimum Gasteiger partial charge on any atom is -0.477 e. The first-order valence-electron chi connectivity index (χ1n) is 4.16. The molecule has 0 aliphatic carbocycles. The number of ether oxygens (including phenoxy) is 1. The first-order chi connectivity index (χ1) is 6.52. The van der Waals surface area contributed by atoms with Crippen molar-refractivity contribution in [3.8, 4) is 0 Å². The molecule has 0 bridgehead atoms. The zero-order chi connectivity index (χ0) is 10.6. The van der Waals surface area contributed by atoms with Gasteiger partial charge in [-0.3, -0.25) is 0 Å². The fourth-order valence-corrected chi connectivity index (χ4v) is 0.860. The molecule has 0 unspecified atom stereocenters. The van der Waals surface area contributed by atoms with Crippen molar-refractivity contribution in [1.82, 2.24) is 0 Å². The molecular weight excluding hydrogens is 184 g/mol. The molecule has 4 heteroatoms. The Hall–Kier alpha value is -1.39. The normalized spacial score (nSPS) is 14.7. The van der Waals surface area contributed by atoms with E-state index < -0.39 is 11.8 Å². The standard InChI is InChI=1S/C10H12O4/c1-10(13,9(11)12)14-7-8-5-3-2-4-6-8/h2-6,13H,7H2,1H3,(H,11,12)/t10-/m0/s1. The van der Waals surface area contributed by atoms with Gasteiger partial charge >= 0.3 is 5.97 Å². The lowest BCUT2D eigenvalue weighted by molar-refractivity contribution is -0.219. The first kappa shape index (κ1) is 10.7. The number of hydrogen-bond donors (Lipinski definition) is 2. The van der Waals surface area contributed by atoms with Crippen molar-refractivity contribution in [3.63, 3.8) is 0 Å². The molecule has 0 saturated heterocycles. The van der Waals surface area contributed by atoms with Crippen LogP contribution in [0.3, 0.4) is 0 Å². The zero-order valence-corrected chi connectivity index (χ0v) is 7.80. The Balaban J connectivity index is 2.53. The number of aliphatic hydroxyl groups is 1. The van der Waals surface area contributed by atoms with E-state index in [1.54, 1.807) is 12.1 Å². The lowest BCUT2D eigenvalue weighted by Gasteiger charge is -2.18. The first-order valence-corrected chi connectivity index (χ1v) is 4.16. The van der Waals surface area contributed by atoms with Crippen LogP contribution in [0, 0.1) is 0 Å². The molecule has 0 aliphatic heterocycles. The van der Waals surface area contributed by atoms with Crippen LogP contribution in [0.5, 0.6) is 0 Å². The highest BCUT2D eigenvalue weighted by Crippen LogP contribution is 2.10. The average molecular weight is 196 g/mol. The second-order valence-electron chi connectivity index (χ2n) is 3.06. The minimum absolute atomic E-state index is 0.0696. The highest BCUT2D eigenvalue weighted by Gasteiger charge is 2.30. The van der Waals surface area contributed by atoms with Crippen LogP contribution in [0.25, 0.3) is 0 Å². The van der Waals surface area contributed by atoms with E-state index in [1.807, 2.05) is 18.2 Å². The van der Waals surface area contributed by atoms with Crippen LogP contribution in [0.1, 0.15) is 12.5 Å². The number of carboxylic acid groups (broad SMARTS) is 1. The summed E-state index contributed by atoms with van der Waals surface area (Å²) in [5.41, 5.74) is 0.814. The molecule has 0 saturated carbocycles. The van der Waals surface area contributed by atoms with Gasteiger partial charge in [0.05, 0.1) is 6.61 Å². The third-order valence-corrected chi connectivity index (χ3v) is 1.76. The quantitative estimate of drug-likeness (QED) is 0.705. The molecule has 0 heterocycles. The molecule has 0 spiro atoms. The largest absolute Gasteiger partial charge is 0.477 e. The molecule has 0 aromatic heterocycles. The van der Waals surface area contributed by atoms with Gasteiger partial charge in [-0.25, -0.2) is 4.79 Å². The summed E-state index contributed by atoms with van der Waals surface area (Å²) in [5, 5.41) is 17.8. The Morgan fingerprint density at radius 1 is 1.43 bits per heavy atom. The van der Waals surface area contributed by atoms with Gasteiger partial charge in [0.1, 0.15) is 0 Å². The number of rotatable bonds is 4. The van der Waals surface area contributed by atoms with E-state index in [1.165, 1.54) is 0 Å². The molecule has 0 amide bonds. The topological polar surface area (TPSA) is 66.8 Å². The van der Waals surface area contributed by atoms with Crippen LogP contribution < -0.4 is 0 Å². The van der Waals surface area contributed by atoms with Gasteiger partial charge in [0.2, 0.25) is 0 Å². The van der Waals surface area contributed by atoms with Crippen molar-refractivity contribution in [2.45, 2.75) is 19.3 Å². The van der Waals surface area contributed by atoms with E-state index in [2.05, 4.69) is 0 Å². The van der Waals surface area contributed by atoms with E-state index in [9.17, 15) is 9.90 Å². The van der Waals surface area contributed by atoms with Gasteiger partial charge in [-0.15, -0.1) is 0 Å². The number of carboxylic acids is 1. The molecular formula is C10H12O4. The maximum absolute atomic E-state index is 10.5. The smallest absolute Gasteiger partial charge is 0.363 e. The molecule has 14 heavy (non-hydrogen) atoms. The van der Waals surface area contributed by atoms with E-state index in [-0.39, 0.29) is 6.61 Å². The van der Waals surface area contributed by atoms with Crippen LogP contribution in [-0.4, -0.2) is 22.0 Å². The van der Waals surface area contributed by atoms with E-state index in [0.717, 1.165) is 12.5 Å². The molecule has 0 radical (unpaired) electrons. The van der Waals surface area contributed by atoms with Crippen molar-refractivity contribution in [2.75, 3.05) is 0 Å². The van der Waals surface area contributed by atoms with Gasteiger partial charge in [0, 0.05) is 6.92 Å². The van der Waals surface area contributed by atoms with E-state index in [4.69, 9.17) is 9.84 Å². The maximum Gasteiger partial charge on any atom is 0.363 e. The van der Waals surface area contributed by atoms with Gasteiger partial charge in [0.15, 0.2) is 0 Å². The predicted molar refractivity (Wildman–Crippen MR) is 49.5 cm³/mol. The summed E-state index contributed by atoms with van der Waals surface area (Å²) >= 11 is 0. The Bertz CT molecular complexity index is 305. The summed E-state index contributed by atoms with van der Waals surface area (Å²) in [6.45, 7) is 1.17. The Morgan fingerprint density at radius 2 is 2.00 bits per heavy atom. The van der Waals surface area contributed by atoms with Gasteiger partial charge in [-0.1, -0.05) is 30.3 Å². The average Bonchev–Trinajstić information content (AvgIpc) is 2.16.